The van der Waals surface area contributed by atoms with Gasteiger partial charge in [-0.3, -0.25) is 0 Å². The van der Waals surface area contributed by atoms with Gasteiger partial charge in [0.05, 0.1) is 5.56 Å². The summed E-state index contributed by atoms with van der Waals surface area (Å²) < 4.78 is 15.6. The molecule has 0 spiro atoms. The summed E-state index contributed by atoms with van der Waals surface area (Å²) in [6, 6.07) is 38.5. The Morgan fingerprint density at radius 1 is 0.561 bits per heavy atom. The Morgan fingerprint density at radius 3 is 1.85 bits per heavy atom. The van der Waals surface area contributed by atoms with Crippen molar-refractivity contribution in [1.82, 2.24) is 0 Å². The van der Waals surface area contributed by atoms with Gasteiger partial charge in [0.1, 0.15) is 18.6 Å². The topological polar surface area (TPSA) is 30.2 Å². The van der Waals surface area contributed by atoms with Crippen LogP contribution in [0.15, 0.2) is 124 Å². The number of fused-ring (bicyclic) bond motifs is 10. The number of pyridine rings is 1. The Hall–Kier alpha value is -5.15. The van der Waals surface area contributed by atoms with Gasteiger partial charge in [-0.05, 0) is 58.9 Å². The zero-order chi connectivity index (χ0) is 27.7. The summed E-state index contributed by atoms with van der Waals surface area (Å²) in [5, 5.41) is 0. The number of rotatable bonds is 2. The van der Waals surface area contributed by atoms with Crippen LogP contribution < -0.4 is 4.57 Å². The Labute approximate surface area is 239 Å². The third-order valence-electron chi connectivity index (χ3n) is 8.55. The van der Waals surface area contributed by atoms with Crippen molar-refractivity contribution in [1.29, 1.82) is 0 Å². The SMILES string of the molecule is Cc1cccc(-c2cc(-c3cc4oc5c(c4o3)-c3ccccc3-c3ccccc3-c3ccccc3-5)cc[n+]2C)c1C. The molecule has 41 heavy (non-hydrogen) atoms. The molecule has 3 nitrogen and oxygen atoms in total. The molecule has 0 unspecified atom stereocenters. The van der Waals surface area contributed by atoms with E-state index in [1.165, 1.54) is 33.4 Å². The minimum absolute atomic E-state index is 0.752. The standard InChI is InChI=1S/C38H28NO2/c1-23-11-10-18-26(24(23)2)33-21-25(19-20-39(33)3)34-22-35-38(40-34)36-31-16-8-6-14-29(31)27-12-4-5-13-28(27)30-15-7-9-17-32(30)37(36)41-35/h4-22H,1-3H3/q+1. The summed E-state index contributed by atoms with van der Waals surface area (Å²) in [6.45, 7) is 4.34. The quantitative estimate of drug-likeness (QED) is 0.208. The van der Waals surface area contributed by atoms with Gasteiger partial charge in [0.2, 0.25) is 5.69 Å². The fourth-order valence-corrected chi connectivity index (χ4v) is 6.29. The van der Waals surface area contributed by atoms with E-state index in [2.05, 4.69) is 135 Å². The van der Waals surface area contributed by atoms with Gasteiger partial charge in [-0.25, -0.2) is 4.57 Å². The van der Waals surface area contributed by atoms with E-state index >= 15 is 0 Å². The Morgan fingerprint density at radius 2 is 1.15 bits per heavy atom. The van der Waals surface area contributed by atoms with Gasteiger partial charge in [-0.15, -0.1) is 0 Å². The summed E-state index contributed by atoms with van der Waals surface area (Å²) in [7, 11) is 2.09. The summed E-state index contributed by atoms with van der Waals surface area (Å²) in [5.74, 6) is 1.64. The maximum absolute atomic E-state index is 6.73. The van der Waals surface area contributed by atoms with Gasteiger partial charge in [0.15, 0.2) is 17.4 Å². The molecular weight excluding hydrogens is 502 g/mol. The molecule has 196 valence electrons. The minimum atomic E-state index is 0.752. The Kier molecular flexibility index (Phi) is 5.17. The highest BCUT2D eigenvalue weighted by Crippen LogP contribution is 2.51. The molecule has 1 aliphatic rings. The average Bonchev–Trinajstić information content (AvgIpc) is 3.57. The molecule has 0 saturated carbocycles. The van der Waals surface area contributed by atoms with E-state index in [9.17, 15) is 0 Å². The largest absolute Gasteiger partial charge is 0.452 e. The molecule has 3 heteroatoms. The molecule has 0 atom stereocenters. The van der Waals surface area contributed by atoms with E-state index in [0.29, 0.717) is 0 Å². The maximum atomic E-state index is 6.73. The first-order valence-corrected chi connectivity index (χ1v) is 14.0. The molecule has 0 N–H and O–H groups in total. The lowest BCUT2D eigenvalue weighted by Gasteiger charge is -2.19. The van der Waals surface area contributed by atoms with Crippen LogP contribution >= 0.6 is 0 Å². The van der Waals surface area contributed by atoms with Crippen molar-refractivity contribution in [2.24, 2.45) is 7.05 Å². The summed E-state index contributed by atoms with van der Waals surface area (Å²) in [6.07, 6.45) is 2.10. The second kappa shape index (κ2) is 8.94. The van der Waals surface area contributed by atoms with Crippen LogP contribution in [0.4, 0.5) is 0 Å². The second-order valence-corrected chi connectivity index (χ2v) is 10.9. The number of nitrogens with zero attached hydrogens (tertiary/aromatic N) is 1. The number of hydrogen-bond donors (Lipinski definition) is 0. The number of benzene rings is 4. The van der Waals surface area contributed by atoms with Crippen LogP contribution in [0.3, 0.4) is 0 Å². The van der Waals surface area contributed by atoms with Gasteiger partial charge < -0.3 is 8.83 Å². The predicted molar refractivity (Wildman–Crippen MR) is 165 cm³/mol. The van der Waals surface area contributed by atoms with E-state index in [1.807, 2.05) is 6.07 Å². The number of aromatic nitrogens is 1. The molecule has 8 rings (SSSR count). The zero-order valence-electron chi connectivity index (χ0n) is 23.2. The lowest BCUT2D eigenvalue weighted by Crippen LogP contribution is -2.30. The zero-order valence-corrected chi connectivity index (χ0v) is 23.2. The molecule has 1 aliphatic carbocycles. The van der Waals surface area contributed by atoms with E-state index in [1.54, 1.807) is 0 Å². The maximum Gasteiger partial charge on any atom is 0.213 e. The van der Waals surface area contributed by atoms with Crippen LogP contribution in [0.2, 0.25) is 0 Å². The average molecular weight is 531 g/mol. The molecule has 0 fully saturated rings. The molecule has 0 aliphatic heterocycles. The van der Waals surface area contributed by atoms with E-state index < -0.39 is 0 Å². The van der Waals surface area contributed by atoms with Crippen LogP contribution in [0, 0.1) is 13.8 Å². The molecule has 0 saturated heterocycles. The first-order valence-electron chi connectivity index (χ1n) is 14.0. The lowest BCUT2D eigenvalue weighted by atomic mass is 9.83. The number of furan rings is 2. The van der Waals surface area contributed by atoms with Gasteiger partial charge in [-0.1, -0.05) is 84.9 Å². The highest BCUT2D eigenvalue weighted by atomic mass is 16.4. The van der Waals surface area contributed by atoms with Crippen LogP contribution in [0.5, 0.6) is 0 Å². The van der Waals surface area contributed by atoms with Crippen molar-refractivity contribution in [3.8, 4) is 67.3 Å². The van der Waals surface area contributed by atoms with E-state index in [-0.39, 0.29) is 0 Å². The fourth-order valence-electron chi connectivity index (χ4n) is 6.29. The van der Waals surface area contributed by atoms with Crippen molar-refractivity contribution < 1.29 is 13.4 Å². The molecule has 4 aromatic carbocycles. The minimum Gasteiger partial charge on any atom is -0.452 e. The van der Waals surface area contributed by atoms with E-state index in [4.69, 9.17) is 8.83 Å². The van der Waals surface area contributed by atoms with Gasteiger partial charge in [0, 0.05) is 34.9 Å². The highest BCUT2D eigenvalue weighted by molar-refractivity contribution is 6.09. The van der Waals surface area contributed by atoms with Crippen LogP contribution in [0.25, 0.3) is 78.5 Å². The van der Waals surface area contributed by atoms with Gasteiger partial charge in [0.25, 0.3) is 0 Å². The van der Waals surface area contributed by atoms with Crippen molar-refractivity contribution >= 4 is 11.2 Å². The number of hydrogen-bond acceptors (Lipinski definition) is 2. The molecule has 3 heterocycles. The molecule has 0 radical (unpaired) electrons. The predicted octanol–water partition coefficient (Wildman–Crippen LogP) is 9.78. The summed E-state index contributed by atoms with van der Waals surface area (Å²) in [5.41, 5.74) is 15.4. The second-order valence-electron chi connectivity index (χ2n) is 10.9. The van der Waals surface area contributed by atoms with Gasteiger partial charge in [-0.2, -0.15) is 0 Å². The van der Waals surface area contributed by atoms with Crippen molar-refractivity contribution in [3.05, 3.63) is 127 Å². The molecule has 0 amide bonds. The third-order valence-corrected chi connectivity index (χ3v) is 8.55. The van der Waals surface area contributed by atoms with Crippen LogP contribution in [-0.2, 0) is 7.05 Å². The molecule has 0 bridgehead atoms. The van der Waals surface area contributed by atoms with Crippen molar-refractivity contribution in [2.45, 2.75) is 13.8 Å². The Bertz CT molecular complexity index is 2140. The molecule has 3 aromatic heterocycles. The first-order chi connectivity index (χ1) is 20.1. The smallest absolute Gasteiger partial charge is 0.213 e. The van der Waals surface area contributed by atoms with E-state index in [0.717, 1.165) is 56.2 Å². The normalized spacial score (nSPS) is 11.8. The summed E-state index contributed by atoms with van der Waals surface area (Å²) >= 11 is 0. The Balaban J connectivity index is 1.37. The lowest BCUT2D eigenvalue weighted by molar-refractivity contribution is -0.660. The number of aryl methyl sites for hydroxylation is 2. The molecule has 7 aromatic rings. The third kappa shape index (κ3) is 3.56. The van der Waals surface area contributed by atoms with Gasteiger partial charge >= 0.3 is 0 Å². The van der Waals surface area contributed by atoms with Crippen LogP contribution in [-0.4, -0.2) is 0 Å². The first kappa shape index (κ1) is 23.7. The van der Waals surface area contributed by atoms with Crippen molar-refractivity contribution in [3.63, 3.8) is 0 Å². The monoisotopic (exact) mass is 530 g/mol. The highest BCUT2D eigenvalue weighted by Gasteiger charge is 2.29. The molecular formula is C38H28NO2+. The van der Waals surface area contributed by atoms with Crippen molar-refractivity contribution in [2.75, 3.05) is 0 Å². The van der Waals surface area contributed by atoms with Crippen LogP contribution in [0.1, 0.15) is 11.1 Å². The fraction of sp³-hybridized carbons (Fsp3) is 0.0789. The summed E-state index contributed by atoms with van der Waals surface area (Å²) in [4.78, 5) is 0.